The second kappa shape index (κ2) is 8.05. The van der Waals surface area contributed by atoms with E-state index in [0.29, 0.717) is 30.0 Å². The van der Waals surface area contributed by atoms with Gasteiger partial charge in [0.25, 0.3) is 11.8 Å². The van der Waals surface area contributed by atoms with Gasteiger partial charge in [0.1, 0.15) is 5.70 Å². The van der Waals surface area contributed by atoms with Crippen LogP contribution in [0.1, 0.15) is 22.9 Å². The molecule has 4 nitrogen and oxygen atoms in total. The number of hydrogen-bond acceptors (Lipinski definition) is 4. The number of para-hydroxylation sites is 1. The molecule has 0 unspecified atom stereocenters. The molecule has 3 aromatic rings. The van der Waals surface area contributed by atoms with Crippen LogP contribution in [0.4, 0.5) is 5.69 Å². The fourth-order valence-corrected chi connectivity index (χ4v) is 4.40. The van der Waals surface area contributed by atoms with Crippen molar-refractivity contribution in [2.45, 2.75) is 20.4 Å². The van der Waals surface area contributed by atoms with Gasteiger partial charge in [-0.1, -0.05) is 54.6 Å². The third-order valence-electron chi connectivity index (χ3n) is 5.10. The molecule has 2 aromatic carbocycles. The van der Waals surface area contributed by atoms with E-state index in [-0.39, 0.29) is 11.8 Å². The second-order valence-electron chi connectivity index (χ2n) is 6.93. The lowest BCUT2D eigenvalue weighted by molar-refractivity contribution is -0.120. The Balaban J connectivity index is 1.82. The number of anilines is 1. The topological polar surface area (TPSA) is 40.6 Å². The number of rotatable bonds is 6. The van der Waals surface area contributed by atoms with Crippen LogP contribution in [0.5, 0.6) is 0 Å². The van der Waals surface area contributed by atoms with E-state index in [1.54, 1.807) is 0 Å². The molecule has 2 amide bonds. The zero-order chi connectivity index (χ0) is 20.4. The molecule has 5 heteroatoms. The summed E-state index contributed by atoms with van der Waals surface area (Å²) in [5, 5.41) is 1.93. The van der Waals surface area contributed by atoms with Gasteiger partial charge < -0.3 is 4.90 Å². The molecule has 0 spiro atoms. The Morgan fingerprint density at radius 3 is 2.28 bits per heavy atom. The number of hydrogen-bond donors (Lipinski definition) is 0. The number of nitrogens with zero attached hydrogens (tertiary/aromatic N) is 2. The minimum absolute atomic E-state index is 0.256. The van der Waals surface area contributed by atoms with E-state index in [1.165, 1.54) is 16.2 Å². The first kappa shape index (κ1) is 19.2. The van der Waals surface area contributed by atoms with Crippen molar-refractivity contribution in [3.63, 3.8) is 0 Å². The molecule has 0 atom stereocenters. The fourth-order valence-electron chi connectivity index (χ4n) is 3.64. The van der Waals surface area contributed by atoms with Crippen molar-refractivity contribution in [2.24, 2.45) is 0 Å². The van der Waals surface area contributed by atoms with Crippen LogP contribution in [0.3, 0.4) is 0 Å². The van der Waals surface area contributed by atoms with E-state index in [2.05, 4.69) is 0 Å². The normalized spacial score (nSPS) is 14.1. The summed E-state index contributed by atoms with van der Waals surface area (Å²) in [6.45, 7) is 5.12. The summed E-state index contributed by atoms with van der Waals surface area (Å²) in [6, 6.07) is 21.3. The summed E-state index contributed by atoms with van der Waals surface area (Å²) in [4.78, 5) is 31.2. The second-order valence-corrected chi connectivity index (χ2v) is 7.88. The summed E-state index contributed by atoms with van der Waals surface area (Å²) >= 11 is 1.48. The predicted octanol–water partition coefficient (Wildman–Crippen LogP) is 4.86. The SMILES string of the molecule is CCN(Cc1ccccc1)C1=C(c2cccs2)C(=O)N(c2ccccc2C)C1=O. The van der Waals surface area contributed by atoms with Crippen LogP contribution in [0.15, 0.2) is 77.8 Å². The smallest absolute Gasteiger partial charge is 0.282 e. The van der Waals surface area contributed by atoms with Crippen molar-refractivity contribution in [1.29, 1.82) is 0 Å². The third-order valence-corrected chi connectivity index (χ3v) is 5.98. The van der Waals surface area contributed by atoms with Crippen molar-refractivity contribution < 1.29 is 9.59 Å². The number of benzene rings is 2. The van der Waals surface area contributed by atoms with Crippen LogP contribution in [-0.4, -0.2) is 23.3 Å². The summed E-state index contributed by atoms with van der Waals surface area (Å²) in [5.74, 6) is -0.515. The maximum atomic E-state index is 13.6. The van der Waals surface area contributed by atoms with Crippen molar-refractivity contribution in [2.75, 3.05) is 11.4 Å². The highest BCUT2D eigenvalue weighted by Crippen LogP contribution is 2.37. The Labute approximate surface area is 174 Å². The highest BCUT2D eigenvalue weighted by molar-refractivity contribution is 7.11. The Bertz CT molecular complexity index is 1070. The number of likely N-dealkylation sites (N-methyl/N-ethyl adjacent to an activating group) is 1. The van der Waals surface area contributed by atoms with E-state index in [0.717, 1.165) is 16.0 Å². The quantitative estimate of drug-likeness (QED) is 0.553. The molecule has 146 valence electrons. The minimum Gasteiger partial charge on any atom is -0.362 e. The van der Waals surface area contributed by atoms with Crippen LogP contribution in [-0.2, 0) is 16.1 Å². The summed E-state index contributed by atoms with van der Waals surface area (Å²) < 4.78 is 0. The highest BCUT2D eigenvalue weighted by Gasteiger charge is 2.43. The molecule has 4 rings (SSSR count). The monoisotopic (exact) mass is 402 g/mol. The largest absolute Gasteiger partial charge is 0.362 e. The Kier molecular flexibility index (Phi) is 5.32. The summed E-state index contributed by atoms with van der Waals surface area (Å²) in [6.07, 6.45) is 0. The van der Waals surface area contributed by atoms with Crippen molar-refractivity contribution in [1.82, 2.24) is 4.90 Å². The van der Waals surface area contributed by atoms with Gasteiger partial charge in [-0.3, -0.25) is 9.59 Å². The highest BCUT2D eigenvalue weighted by atomic mass is 32.1. The molecule has 0 radical (unpaired) electrons. The van der Waals surface area contributed by atoms with E-state index < -0.39 is 0 Å². The van der Waals surface area contributed by atoms with E-state index in [9.17, 15) is 9.59 Å². The van der Waals surface area contributed by atoms with Crippen molar-refractivity contribution in [3.8, 4) is 0 Å². The van der Waals surface area contributed by atoms with Gasteiger partial charge in [-0.15, -0.1) is 11.3 Å². The summed E-state index contributed by atoms with van der Waals surface area (Å²) in [7, 11) is 0. The number of imide groups is 1. The van der Waals surface area contributed by atoms with E-state index in [4.69, 9.17) is 0 Å². The zero-order valence-corrected chi connectivity index (χ0v) is 17.3. The first-order chi connectivity index (χ1) is 14.1. The van der Waals surface area contributed by atoms with Gasteiger partial charge in [0.15, 0.2) is 0 Å². The predicted molar refractivity (Wildman–Crippen MR) is 117 cm³/mol. The minimum atomic E-state index is -0.259. The standard InChI is InChI=1S/C24H22N2O2S/c1-3-25(16-18-11-5-4-6-12-18)22-21(20-14-9-15-29-20)23(27)26(24(22)28)19-13-8-7-10-17(19)2/h4-15H,3,16H2,1-2H3. The molecular weight excluding hydrogens is 380 g/mol. The average molecular weight is 403 g/mol. The van der Waals surface area contributed by atoms with Crippen LogP contribution in [0.25, 0.3) is 5.57 Å². The number of carbonyl (C=O) groups excluding carboxylic acids is 2. The molecule has 0 bridgehead atoms. The van der Waals surface area contributed by atoms with Crippen molar-refractivity contribution >= 4 is 34.4 Å². The van der Waals surface area contributed by atoms with Gasteiger partial charge in [0.2, 0.25) is 0 Å². The lowest BCUT2D eigenvalue weighted by atomic mass is 10.1. The molecule has 1 aliphatic rings. The molecule has 1 aromatic heterocycles. The maximum Gasteiger partial charge on any atom is 0.282 e. The summed E-state index contributed by atoms with van der Waals surface area (Å²) in [5.41, 5.74) is 3.61. The van der Waals surface area contributed by atoms with Gasteiger partial charge in [0, 0.05) is 18.0 Å². The van der Waals surface area contributed by atoms with E-state index >= 15 is 0 Å². The molecule has 1 aliphatic heterocycles. The number of carbonyl (C=O) groups is 2. The number of amides is 2. The van der Waals surface area contributed by atoms with Gasteiger partial charge in [-0.05, 0) is 42.5 Å². The maximum absolute atomic E-state index is 13.6. The molecular formula is C24H22N2O2S. The molecule has 0 fully saturated rings. The van der Waals surface area contributed by atoms with Crippen LogP contribution in [0, 0.1) is 6.92 Å². The third kappa shape index (κ3) is 3.49. The number of aryl methyl sites for hydroxylation is 1. The Morgan fingerprint density at radius 2 is 1.62 bits per heavy atom. The fraction of sp³-hybridized carbons (Fsp3) is 0.167. The first-order valence-corrected chi connectivity index (χ1v) is 10.5. The molecule has 0 saturated carbocycles. The van der Waals surface area contributed by atoms with Crippen LogP contribution >= 0.6 is 11.3 Å². The van der Waals surface area contributed by atoms with Crippen LogP contribution < -0.4 is 4.90 Å². The van der Waals surface area contributed by atoms with Gasteiger partial charge in [0.05, 0.1) is 11.3 Å². The van der Waals surface area contributed by atoms with Crippen LogP contribution in [0.2, 0.25) is 0 Å². The van der Waals surface area contributed by atoms with Gasteiger partial charge >= 0.3 is 0 Å². The molecule has 2 heterocycles. The lowest BCUT2D eigenvalue weighted by Gasteiger charge is -2.25. The zero-order valence-electron chi connectivity index (χ0n) is 16.5. The van der Waals surface area contributed by atoms with Crippen molar-refractivity contribution in [3.05, 3.63) is 93.8 Å². The molecule has 0 saturated heterocycles. The first-order valence-electron chi connectivity index (χ1n) is 9.63. The molecule has 0 aliphatic carbocycles. The van der Waals surface area contributed by atoms with Gasteiger partial charge in [-0.25, -0.2) is 4.90 Å². The van der Waals surface area contributed by atoms with E-state index in [1.807, 2.05) is 90.9 Å². The van der Waals surface area contributed by atoms with Gasteiger partial charge in [-0.2, -0.15) is 0 Å². The Hall–Kier alpha value is -3.18. The molecule has 0 N–H and O–H groups in total. The number of thiophene rings is 1. The lowest BCUT2D eigenvalue weighted by Crippen LogP contribution is -2.35. The Morgan fingerprint density at radius 1 is 0.897 bits per heavy atom. The molecule has 29 heavy (non-hydrogen) atoms. The average Bonchev–Trinajstić information content (AvgIpc) is 3.34.